The molecule has 3 heteroatoms. The van der Waals surface area contributed by atoms with Crippen molar-refractivity contribution in [3.63, 3.8) is 0 Å². The molecule has 3 nitrogen and oxygen atoms in total. The Labute approximate surface area is 161 Å². The number of nitrogens with one attached hydrogen (secondary N) is 1. The van der Waals surface area contributed by atoms with E-state index in [1.807, 2.05) is 67.6 Å². The Kier molecular flexibility index (Phi) is 6.26. The number of ether oxygens (including phenoxy) is 1. The molecule has 0 aliphatic carbocycles. The summed E-state index contributed by atoms with van der Waals surface area (Å²) in [7, 11) is 1.65. The molecule has 0 unspecified atom stereocenters. The monoisotopic (exact) mass is 359 g/mol. The van der Waals surface area contributed by atoms with Crippen LogP contribution in [0.4, 0.5) is 0 Å². The molecule has 3 aromatic carbocycles. The zero-order chi connectivity index (χ0) is 19.1. The van der Waals surface area contributed by atoms with Gasteiger partial charge in [0.25, 0.3) is 0 Å². The number of methoxy groups -OCH3 is 1. The third-order valence-electron chi connectivity index (χ3n) is 4.78. The van der Waals surface area contributed by atoms with E-state index < -0.39 is 0 Å². The lowest BCUT2D eigenvalue weighted by Crippen LogP contribution is -2.28. The van der Waals surface area contributed by atoms with Crippen molar-refractivity contribution in [2.24, 2.45) is 0 Å². The molecule has 27 heavy (non-hydrogen) atoms. The van der Waals surface area contributed by atoms with Gasteiger partial charge in [0.2, 0.25) is 5.91 Å². The minimum atomic E-state index is -0.124. The second-order valence-electron chi connectivity index (χ2n) is 6.61. The van der Waals surface area contributed by atoms with Crippen LogP contribution in [0.3, 0.4) is 0 Å². The number of rotatable bonds is 7. The summed E-state index contributed by atoms with van der Waals surface area (Å²) in [5, 5.41) is 3.12. The lowest BCUT2D eigenvalue weighted by molar-refractivity contribution is -0.121. The molecule has 0 saturated carbocycles. The summed E-state index contributed by atoms with van der Waals surface area (Å²) < 4.78 is 5.42. The predicted octanol–water partition coefficient (Wildman–Crippen LogP) is 5.09. The molecule has 0 heterocycles. The Morgan fingerprint density at radius 1 is 0.852 bits per heavy atom. The average Bonchev–Trinajstić information content (AvgIpc) is 2.73. The minimum absolute atomic E-state index is 0.0195. The number of hydrogen-bond acceptors (Lipinski definition) is 2. The maximum Gasteiger partial charge on any atom is 0.221 e. The van der Waals surface area contributed by atoms with Gasteiger partial charge in [-0.15, -0.1) is 0 Å². The highest BCUT2D eigenvalue weighted by molar-refractivity contribution is 5.78. The molecular weight excluding hydrogens is 334 g/mol. The number of para-hydroxylation sites is 1. The van der Waals surface area contributed by atoms with E-state index in [4.69, 9.17) is 4.74 Å². The van der Waals surface area contributed by atoms with E-state index in [-0.39, 0.29) is 17.9 Å². The zero-order valence-corrected chi connectivity index (χ0v) is 15.8. The van der Waals surface area contributed by atoms with Gasteiger partial charge in [-0.1, -0.05) is 78.9 Å². The summed E-state index contributed by atoms with van der Waals surface area (Å²) in [5.41, 5.74) is 3.26. The number of amides is 1. The van der Waals surface area contributed by atoms with Crippen LogP contribution in [0.2, 0.25) is 0 Å². The molecule has 0 aliphatic rings. The fourth-order valence-electron chi connectivity index (χ4n) is 3.39. The molecule has 0 bridgehead atoms. The van der Waals surface area contributed by atoms with Crippen LogP contribution in [-0.4, -0.2) is 13.0 Å². The Hall–Kier alpha value is -3.07. The van der Waals surface area contributed by atoms with Crippen molar-refractivity contribution >= 4 is 5.91 Å². The lowest BCUT2D eigenvalue weighted by atomic mass is 9.88. The summed E-state index contributed by atoms with van der Waals surface area (Å²) >= 11 is 0. The van der Waals surface area contributed by atoms with Gasteiger partial charge >= 0.3 is 0 Å². The molecule has 1 atom stereocenters. The van der Waals surface area contributed by atoms with Gasteiger partial charge in [-0.25, -0.2) is 0 Å². The molecular formula is C24H25NO2. The summed E-state index contributed by atoms with van der Waals surface area (Å²) in [6.45, 7) is 1.98. The van der Waals surface area contributed by atoms with Crippen LogP contribution < -0.4 is 10.1 Å². The topological polar surface area (TPSA) is 38.3 Å². The number of carbonyl (C=O) groups excluding carboxylic acids is 1. The molecule has 138 valence electrons. The van der Waals surface area contributed by atoms with E-state index in [1.165, 1.54) is 0 Å². The summed E-state index contributed by atoms with van der Waals surface area (Å²) in [5.74, 6) is 0.830. The third-order valence-corrected chi connectivity index (χ3v) is 4.78. The van der Waals surface area contributed by atoms with Crippen molar-refractivity contribution in [1.29, 1.82) is 0 Å². The first-order valence-electron chi connectivity index (χ1n) is 9.21. The van der Waals surface area contributed by atoms with Crippen LogP contribution in [0.1, 0.15) is 42.0 Å². The second kappa shape index (κ2) is 9.04. The third kappa shape index (κ3) is 4.76. The summed E-state index contributed by atoms with van der Waals surface area (Å²) in [4.78, 5) is 12.8. The highest BCUT2D eigenvalue weighted by Gasteiger charge is 2.20. The van der Waals surface area contributed by atoms with Crippen molar-refractivity contribution in [3.8, 4) is 5.75 Å². The number of carbonyl (C=O) groups is 1. The first-order chi connectivity index (χ1) is 13.2. The Morgan fingerprint density at radius 2 is 1.37 bits per heavy atom. The maximum absolute atomic E-state index is 12.8. The highest BCUT2D eigenvalue weighted by Crippen LogP contribution is 2.29. The van der Waals surface area contributed by atoms with E-state index in [2.05, 4.69) is 29.6 Å². The maximum atomic E-state index is 12.8. The molecule has 0 spiro atoms. The number of hydrogen-bond donors (Lipinski definition) is 1. The molecule has 0 aromatic heterocycles. The van der Waals surface area contributed by atoms with Crippen LogP contribution in [0, 0.1) is 0 Å². The van der Waals surface area contributed by atoms with Crippen LogP contribution in [0.5, 0.6) is 5.75 Å². The molecule has 0 aliphatic heterocycles. The molecule has 1 N–H and O–H groups in total. The summed E-state index contributed by atoms with van der Waals surface area (Å²) in [6, 6.07) is 28.0. The smallest absolute Gasteiger partial charge is 0.221 e. The molecule has 0 fully saturated rings. The first-order valence-corrected chi connectivity index (χ1v) is 9.21. The van der Waals surface area contributed by atoms with E-state index in [0.717, 1.165) is 22.4 Å². The van der Waals surface area contributed by atoms with E-state index >= 15 is 0 Å². The quantitative estimate of drug-likeness (QED) is 0.638. The van der Waals surface area contributed by atoms with Gasteiger partial charge in [0.05, 0.1) is 13.2 Å². The van der Waals surface area contributed by atoms with Gasteiger partial charge in [0, 0.05) is 17.9 Å². The molecule has 3 aromatic rings. The Bertz CT molecular complexity index is 822. The fraction of sp³-hybridized carbons (Fsp3) is 0.208. The summed E-state index contributed by atoms with van der Waals surface area (Å²) in [6.07, 6.45) is 0.396. The SMILES string of the molecule is COc1ccccc1[C@H](C)NC(=O)CC(c1ccccc1)c1ccccc1. The van der Waals surface area contributed by atoms with E-state index in [9.17, 15) is 4.79 Å². The van der Waals surface area contributed by atoms with Gasteiger partial charge in [-0.3, -0.25) is 4.79 Å². The predicted molar refractivity (Wildman–Crippen MR) is 109 cm³/mol. The minimum Gasteiger partial charge on any atom is -0.496 e. The van der Waals surface area contributed by atoms with E-state index in [1.54, 1.807) is 7.11 Å². The lowest BCUT2D eigenvalue weighted by Gasteiger charge is -2.21. The van der Waals surface area contributed by atoms with Crippen LogP contribution >= 0.6 is 0 Å². The average molecular weight is 359 g/mol. The zero-order valence-electron chi connectivity index (χ0n) is 15.8. The van der Waals surface area contributed by atoms with Crippen molar-refractivity contribution in [2.75, 3.05) is 7.11 Å². The standard InChI is InChI=1S/C24H25NO2/c1-18(21-15-9-10-16-23(21)27-2)25-24(26)17-22(19-11-5-3-6-12-19)20-13-7-4-8-14-20/h3-16,18,22H,17H2,1-2H3,(H,25,26)/t18-/m0/s1. The van der Waals surface area contributed by atoms with Crippen molar-refractivity contribution < 1.29 is 9.53 Å². The molecule has 0 saturated heterocycles. The Balaban J connectivity index is 1.77. The fourth-order valence-corrected chi connectivity index (χ4v) is 3.39. The van der Waals surface area contributed by atoms with Crippen LogP contribution in [-0.2, 0) is 4.79 Å². The largest absolute Gasteiger partial charge is 0.496 e. The van der Waals surface area contributed by atoms with Gasteiger partial charge in [0.1, 0.15) is 5.75 Å². The van der Waals surface area contributed by atoms with Gasteiger partial charge < -0.3 is 10.1 Å². The van der Waals surface area contributed by atoms with Crippen LogP contribution in [0.15, 0.2) is 84.9 Å². The van der Waals surface area contributed by atoms with Crippen molar-refractivity contribution in [2.45, 2.75) is 25.3 Å². The highest BCUT2D eigenvalue weighted by atomic mass is 16.5. The molecule has 1 amide bonds. The second-order valence-corrected chi connectivity index (χ2v) is 6.61. The first kappa shape index (κ1) is 18.7. The number of benzene rings is 3. The Morgan fingerprint density at radius 3 is 1.93 bits per heavy atom. The van der Waals surface area contributed by atoms with Crippen molar-refractivity contribution in [3.05, 3.63) is 102 Å². The van der Waals surface area contributed by atoms with Gasteiger partial charge in [-0.05, 0) is 24.1 Å². The van der Waals surface area contributed by atoms with Crippen molar-refractivity contribution in [1.82, 2.24) is 5.32 Å². The van der Waals surface area contributed by atoms with Gasteiger partial charge in [-0.2, -0.15) is 0 Å². The molecule has 3 rings (SSSR count). The van der Waals surface area contributed by atoms with Crippen LogP contribution in [0.25, 0.3) is 0 Å². The van der Waals surface area contributed by atoms with E-state index in [0.29, 0.717) is 6.42 Å². The normalized spacial score (nSPS) is 11.8. The molecule has 0 radical (unpaired) electrons. The van der Waals surface area contributed by atoms with Gasteiger partial charge in [0.15, 0.2) is 0 Å².